The van der Waals surface area contributed by atoms with Crippen LogP contribution in [0.5, 0.6) is 11.5 Å². The molecule has 5 heteroatoms. The Hall–Kier alpha value is -1.39. The van der Waals surface area contributed by atoms with Crippen molar-refractivity contribution in [3.63, 3.8) is 0 Å². The fourth-order valence-electron chi connectivity index (χ4n) is 1.87. The Labute approximate surface area is 114 Å². The summed E-state index contributed by atoms with van der Waals surface area (Å²) >= 11 is 7.94. The zero-order chi connectivity index (χ0) is 12.5. The summed E-state index contributed by atoms with van der Waals surface area (Å²) in [5, 5.41) is 6.09. The first kappa shape index (κ1) is 11.7. The second-order valence-electron chi connectivity index (χ2n) is 4.07. The molecule has 0 aliphatic carbocycles. The Bertz CT molecular complexity index is 556. The van der Waals surface area contributed by atoms with Crippen molar-refractivity contribution >= 4 is 28.6 Å². The highest BCUT2D eigenvalue weighted by Crippen LogP contribution is 2.40. The molecular formula is C13H12ClNO2S. The summed E-state index contributed by atoms with van der Waals surface area (Å²) in [5.74, 6) is 1.44. The van der Waals surface area contributed by atoms with Crippen molar-refractivity contribution in [3.8, 4) is 11.5 Å². The molecule has 3 rings (SSSR count). The van der Waals surface area contributed by atoms with Crippen molar-refractivity contribution in [1.29, 1.82) is 0 Å². The molecule has 0 saturated carbocycles. The first-order valence-electron chi connectivity index (χ1n) is 5.63. The van der Waals surface area contributed by atoms with Crippen LogP contribution < -0.4 is 14.8 Å². The molecule has 94 valence electrons. The molecule has 18 heavy (non-hydrogen) atoms. The van der Waals surface area contributed by atoms with Gasteiger partial charge in [-0.25, -0.2) is 0 Å². The fraction of sp³-hybridized carbons (Fsp3) is 0.231. The van der Waals surface area contributed by atoms with E-state index in [0.29, 0.717) is 10.8 Å². The number of fused-ring (bicyclic) bond motifs is 1. The first-order chi connectivity index (χ1) is 8.74. The molecule has 3 nitrogen and oxygen atoms in total. The summed E-state index contributed by atoms with van der Waals surface area (Å²) in [6.45, 7) is 2.36. The minimum Gasteiger partial charge on any atom is -0.454 e. The number of thiophene rings is 1. The van der Waals surface area contributed by atoms with Crippen LogP contribution >= 0.6 is 22.9 Å². The van der Waals surface area contributed by atoms with Gasteiger partial charge in [0.05, 0.1) is 16.8 Å². The molecule has 1 aliphatic rings. The first-order valence-corrected chi connectivity index (χ1v) is 6.89. The van der Waals surface area contributed by atoms with E-state index in [1.165, 1.54) is 4.88 Å². The molecule has 0 amide bonds. The van der Waals surface area contributed by atoms with Crippen LogP contribution in [0, 0.1) is 0 Å². The van der Waals surface area contributed by atoms with Gasteiger partial charge in [0.25, 0.3) is 0 Å². The van der Waals surface area contributed by atoms with Gasteiger partial charge in [-0.2, -0.15) is 0 Å². The molecule has 1 aromatic carbocycles. The summed E-state index contributed by atoms with van der Waals surface area (Å²) in [5.41, 5.74) is 0.863. The number of benzene rings is 1. The third-order valence-electron chi connectivity index (χ3n) is 2.80. The van der Waals surface area contributed by atoms with Crippen LogP contribution in [0.3, 0.4) is 0 Å². The molecule has 0 radical (unpaired) electrons. The summed E-state index contributed by atoms with van der Waals surface area (Å²) in [6.07, 6.45) is 0. The lowest BCUT2D eigenvalue weighted by Crippen LogP contribution is -2.05. The van der Waals surface area contributed by atoms with Crippen LogP contribution in [0.2, 0.25) is 5.02 Å². The zero-order valence-electron chi connectivity index (χ0n) is 9.77. The second kappa shape index (κ2) is 4.71. The van der Waals surface area contributed by atoms with Crippen molar-refractivity contribution in [1.82, 2.24) is 0 Å². The maximum Gasteiger partial charge on any atom is 0.231 e. The van der Waals surface area contributed by atoms with E-state index in [9.17, 15) is 0 Å². The van der Waals surface area contributed by atoms with E-state index in [-0.39, 0.29) is 12.8 Å². The largest absolute Gasteiger partial charge is 0.454 e. The van der Waals surface area contributed by atoms with Gasteiger partial charge in [0, 0.05) is 17.0 Å². The molecule has 1 aliphatic heterocycles. The third kappa shape index (κ3) is 2.13. The Morgan fingerprint density at radius 3 is 2.83 bits per heavy atom. The molecule has 2 aromatic rings. The lowest BCUT2D eigenvalue weighted by molar-refractivity contribution is 0.174. The van der Waals surface area contributed by atoms with Crippen LogP contribution in [-0.4, -0.2) is 6.79 Å². The third-order valence-corrected chi connectivity index (χ3v) is 4.17. The number of hydrogen-bond acceptors (Lipinski definition) is 4. The van der Waals surface area contributed by atoms with Crippen LogP contribution in [0.1, 0.15) is 17.8 Å². The minimum absolute atomic E-state index is 0.211. The van der Waals surface area contributed by atoms with Crippen LogP contribution in [0.25, 0.3) is 0 Å². The lowest BCUT2D eigenvalue weighted by atomic mass is 10.2. The van der Waals surface area contributed by atoms with Gasteiger partial charge in [-0.15, -0.1) is 11.3 Å². The average Bonchev–Trinajstić information content (AvgIpc) is 2.98. The van der Waals surface area contributed by atoms with Crippen LogP contribution in [-0.2, 0) is 0 Å². The molecule has 1 atom stereocenters. The predicted molar refractivity (Wildman–Crippen MR) is 73.9 cm³/mol. The van der Waals surface area contributed by atoms with Gasteiger partial charge in [0.15, 0.2) is 11.5 Å². The quantitative estimate of drug-likeness (QED) is 0.910. The normalized spacial score (nSPS) is 14.6. The van der Waals surface area contributed by atoms with Gasteiger partial charge in [-0.3, -0.25) is 0 Å². The average molecular weight is 282 g/mol. The van der Waals surface area contributed by atoms with Crippen molar-refractivity contribution in [2.24, 2.45) is 0 Å². The van der Waals surface area contributed by atoms with Crippen LogP contribution in [0.15, 0.2) is 29.6 Å². The van der Waals surface area contributed by atoms with E-state index in [2.05, 4.69) is 23.7 Å². The second-order valence-corrected chi connectivity index (χ2v) is 5.45. The van der Waals surface area contributed by atoms with Gasteiger partial charge in [-0.1, -0.05) is 17.7 Å². The summed E-state index contributed by atoms with van der Waals surface area (Å²) in [4.78, 5) is 1.27. The highest BCUT2D eigenvalue weighted by molar-refractivity contribution is 7.10. The van der Waals surface area contributed by atoms with Crippen molar-refractivity contribution < 1.29 is 9.47 Å². The Morgan fingerprint density at radius 2 is 2.11 bits per heavy atom. The molecule has 0 bridgehead atoms. The summed E-state index contributed by atoms with van der Waals surface area (Å²) < 4.78 is 10.6. The summed E-state index contributed by atoms with van der Waals surface area (Å²) in [7, 11) is 0. The molecule has 2 heterocycles. The van der Waals surface area contributed by atoms with E-state index in [0.717, 1.165) is 11.4 Å². The predicted octanol–water partition coefficient (Wildman–Crippen LogP) is 4.30. The highest BCUT2D eigenvalue weighted by atomic mass is 35.5. The number of halogens is 1. The highest BCUT2D eigenvalue weighted by Gasteiger charge is 2.17. The SMILES string of the molecule is CC(Nc1cc2c(cc1Cl)OCO2)c1cccs1. The molecule has 0 fully saturated rings. The maximum absolute atomic E-state index is 6.22. The molecule has 1 unspecified atom stereocenters. The van der Waals surface area contributed by atoms with E-state index in [4.69, 9.17) is 21.1 Å². The molecule has 1 N–H and O–H groups in total. The smallest absolute Gasteiger partial charge is 0.231 e. The number of rotatable bonds is 3. The zero-order valence-corrected chi connectivity index (χ0v) is 11.3. The van der Waals surface area contributed by atoms with Gasteiger partial charge in [-0.05, 0) is 18.4 Å². The molecule has 1 aromatic heterocycles. The lowest BCUT2D eigenvalue weighted by Gasteiger charge is -2.15. The van der Waals surface area contributed by atoms with Crippen molar-refractivity contribution in [2.75, 3.05) is 12.1 Å². The monoisotopic (exact) mass is 281 g/mol. The standard InChI is InChI=1S/C13H12ClNO2S/c1-8(13-3-2-4-18-13)15-10-6-12-11(5-9(10)14)16-7-17-12/h2-6,8,15H,7H2,1H3. The van der Waals surface area contributed by atoms with E-state index in [1.807, 2.05) is 12.1 Å². The summed E-state index contributed by atoms with van der Waals surface area (Å²) in [6, 6.07) is 8.02. The van der Waals surface area contributed by atoms with Gasteiger partial charge in [0.2, 0.25) is 6.79 Å². The Balaban J connectivity index is 1.85. The Morgan fingerprint density at radius 1 is 1.33 bits per heavy atom. The molecule has 0 saturated heterocycles. The number of nitrogens with one attached hydrogen (secondary N) is 1. The maximum atomic E-state index is 6.22. The van der Waals surface area contributed by atoms with Gasteiger partial charge >= 0.3 is 0 Å². The van der Waals surface area contributed by atoms with Crippen molar-refractivity contribution in [3.05, 3.63) is 39.5 Å². The van der Waals surface area contributed by atoms with E-state index >= 15 is 0 Å². The number of hydrogen-bond donors (Lipinski definition) is 1. The fourth-order valence-corrected chi connectivity index (χ4v) is 2.81. The van der Waals surface area contributed by atoms with Crippen molar-refractivity contribution in [2.45, 2.75) is 13.0 Å². The minimum atomic E-state index is 0.211. The molecule has 0 spiro atoms. The molecular weight excluding hydrogens is 270 g/mol. The Kier molecular flexibility index (Phi) is 3.06. The van der Waals surface area contributed by atoms with Crippen LogP contribution in [0.4, 0.5) is 5.69 Å². The number of anilines is 1. The van der Waals surface area contributed by atoms with Gasteiger partial charge < -0.3 is 14.8 Å². The number of ether oxygens (including phenoxy) is 2. The van der Waals surface area contributed by atoms with Gasteiger partial charge in [0.1, 0.15) is 0 Å². The van der Waals surface area contributed by atoms with E-state index in [1.54, 1.807) is 17.4 Å². The topological polar surface area (TPSA) is 30.5 Å². The van der Waals surface area contributed by atoms with E-state index < -0.39 is 0 Å².